The lowest BCUT2D eigenvalue weighted by Crippen LogP contribution is -2.21. The van der Waals surface area contributed by atoms with Crippen molar-refractivity contribution in [1.82, 2.24) is 10.6 Å². The van der Waals surface area contributed by atoms with Crippen LogP contribution in [0.2, 0.25) is 0 Å². The molecule has 0 aromatic rings. The van der Waals surface area contributed by atoms with Crippen molar-refractivity contribution in [3.05, 3.63) is 0 Å². The second kappa shape index (κ2) is 15.5. The maximum atomic E-state index is 10.5. The fraction of sp³-hybridized carbons (Fsp3) is 0.455. The molecule has 0 fully saturated rings. The summed E-state index contributed by atoms with van der Waals surface area (Å²) in [5, 5.41) is 5.14. The van der Waals surface area contributed by atoms with Crippen molar-refractivity contribution in [3.63, 3.8) is 0 Å². The summed E-state index contributed by atoms with van der Waals surface area (Å²) in [5.41, 5.74) is 0. The lowest BCUT2D eigenvalue weighted by atomic mass is 10.5. The van der Waals surface area contributed by atoms with Gasteiger partial charge in [-0.05, 0) is 21.2 Å². The number of nitrogens with one attached hydrogen (secondary N) is 2. The average molecular weight is 460 g/mol. The molecule has 0 saturated carbocycles. The van der Waals surface area contributed by atoms with Crippen LogP contribution in [0.1, 0.15) is 20.3 Å². The van der Waals surface area contributed by atoms with Crippen molar-refractivity contribution in [2.24, 2.45) is 0 Å². The fourth-order valence-electron chi connectivity index (χ4n) is 0.573. The van der Waals surface area contributed by atoms with Crippen molar-refractivity contribution in [1.29, 1.82) is 0 Å². The molecule has 2 amide bonds. The number of carbonyl (C=O) groups excluding carboxylic acids is 2. The van der Waals surface area contributed by atoms with E-state index in [0.29, 0.717) is 13.1 Å². The number of carbonyl (C=O) groups is 2. The lowest BCUT2D eigenvalue weighted by molar-refractivity contribution is -0.116. The van der Waals surface area contributed by atoms with Crippen molar-refractivity contribution in [2.45, 2.75) is 20.3 Å². The molecule has 0 aliphatic rings. The van der Waals surface area contributed by atoms with Crippen LogP contribution in [0.15, 0.2) is 0 Å². The minimum Gasteiger partial charge on any atom is -0.346 e. The molecule has 0 aliphatic heterocycles. The van der Waals surface area contributed by atoms with E-state index in [4.69, 9.17) is 0 Å². The minimum absolute atomic E-state index is 0.189. The zero-order valence-corrected chi connectivity index (χ0v) is 14.0. The van der Waals surface area contributed by atoms with E-state index in [1.807, 2.05) is 59.0 Å². The van der Waals surface area contributed by atoms with E-state index in [1.54, 1.807) is 0 Å². The van der Waals surface area contributed by atoms with Crippen LogP contribution in [-0.2, 0) is 9.59 Å². The van der Waals surface area contributed by atoms with Gasteiger partial charge in [-0.25, -0.2) is 0 Å². The summed E-state index contributed by atoms with van der Waals surface area (Å²) in [5.74, 6) is 4.30. The first-order valence-electron chi connectivity index (χ1n) is 4.91. The highest BCUT2D eigenvalue weighted by Crippen LogP contribution is 1.73. The molecule has 94 valence electrons. The SMILES string of the molecule is CCCNC(=O)C#CI.CCNC(=O)C#CI. The molecule has 17 heavy (non-hydrogen) atoms. The van der Waals surface area contributed by atoms with Crippen molar-refractivity contribution < 1.29 is 9.59 Å². The van der Waals surface area contributed by atoms with Crippen molar-refractivity contribution in [3.8, 4) is 19.7 Å². The summed E-state index contributed by atoms with van der Waals surface area (Å²) in [6.45, 7) is 5.21. The number of halogens is 2. The van der Waals surface area contributed by atoms with Crippen LogP contribution in [0.5, 0.6) is 0 Å². The second-order valence-electron chi connectivity index (χ2n) is 2.55. The summed E-state index contributed by atoms with van der Waals surface area (Å²) < 4.78 is 4.94. The predicted molar refractivity (Wildman–Crippen MR) is 85.6 cm³/mol. The maximum absolute atomic E-state index is 10.5. The van der Waals surface area contributed by atoms with E-state index in [-0.39, 0.29) is 11.8 Å². The Morgan fingerprint density at radius 1 is 1.00 bits per heavy atom. The quantitative estimate of drug-likeness (QED) is 0.495. The van der Waals surface area contributed by atoms with Gasteiger partial charge in [0.2, 0.25) is 0 Å². The first kappa shape index (κ1) is 18.9. The van der Waals surface area contributed by atoms with Gasteiger partial charge in [0.05, 0.1) is 0 Å². The Kier molecular flexibility index (Phi) is 17.2. The van der Waals surface area contributed by atoms with Crippen molar-refractivity contribution in [2.75, 3.05) is 13.1 Å². The Morgan fingerprint density at radius 3 is 1.82 bits per heavy atom. The standard InChI is InChI=1S/C6H8INO.C5H6INO/c1-2-5-8-6(9)3-4-7;1-2-7-5(8)3-4-6/h2,5H2,1H3,(H,8,9);2H2,1H3,(H,7,8). The molecule has 0 aromatic carbocycles. The van der Waals surface area contributed by atoms with Crippen LogP contribution in [0, 0.1) is 19.7 Å². The Labute approximate surface area is 129 Å². The van der Waals surface area contributed by atoms with Crippen LogP contribution in [-0.4, -0.2) is 24.9 Å². The van der Waals surface area contributed by atoms with Gasteiger partial charge in [-0.1, -0.05) is 6.92 Å². The highest BCUT2D eigenvalue weighted by atomic mass is 127. The smallest absolute Gasteiger partial charge is 0.296 e. The zero-order chi connectivity index (χ0) is 13.5. The zero-order valence-electron chi connectivity index (χ0n) is 9.69. The van der Waals surface area contributed by atoms with Gasteiger partial charge >= 0.3 is 0 Å². The number of hydrogen-bond donors (Lipinski definition) is 2. The first-order valence-corrected chi connectivity index (χ1v) is 7.07. The van der Waals surface area contributed by atoms with Gasteiger partial charge in [0.1, 0.15) is 0 Å². The summed E-state index contributed by atoms with van der Waals surface area (Å²) in [7, 11) is 0. The summed E-state index contributed by atoms with van der Waals surface area (Å²) in [4.78, 5) is 20.9. The van der Waals surface area contributed by atoms with Gasteiger partial charge in [0, 0.05) is 70.1 Å². The van der Waals surface area contributed by atoms with Gasteiger partial charge in [0.15, 0.2) is 0 Å². The molecule has 0 unspecified atom stereocenters. The molecule has 4 nitrogen and oxygen atoms in total. The monoisotopic (exact) mass is 460 g/mol. The predicted octanol–water partition coefficient (Wildman–Crippen LogP) is 1.43. The van der Waals surface area contributed by atoms with Crippen molar-refractivity contribution >= 4 is 57.0 Å². The molecule has 0 spiro atoms. The van der Waals surface area contributed by atoms with Crippen LogP contribution in [0.25, 0.3) is 0 Å². The highest BCUT2D eigenvalue weighted by molar-refractivity contribution is 14.1. The molecule has 0 aromatic heterocycles. The minimum atomic E-state index is -0.207. The van der Waals surface area contributed by atoms with E-state index in [0.717, 1.165) is 6.42 Å². The van der Waals surface area contributed by atoms with E-state index in [9.17, 15) is 9.59 Å². The molecule has 6 heteroatoms. The van der Waals surface area contributed by atoms with E-state index in [1.165, 1.54) is 0 Å². The van der Waals surface area contributed by atoms with E-state index in [2.05, 4.69) is 30.3 Å². The Hall–Kier alpha value is -0.480. The van der Waals surface area contributed by atoms with Crippen LogP contribution in [0.3, 0.4) is 0 Å². The van der Waals surface area contributed by atoms with Gasteiger partial charge in [-0.3, -0.25) is 9.59 Å². The van der Waals surface area contributed by atoms with Gasteiger partial charge < -0.3 is 10.6 Å². The third kappa shape index (κ3) is 18.1. The molecular formula is C11H14I2N2O2. The third-order valence-electron chi connectivity index (χ3n) is 1.19. The van der Waals surface area contributed by atoms with Crippen LogP contribution < -0.4 is 10.6 Å². The van der Waals surface area contributed by atoms with E-state index < -0.39 is 0 Å². The summed E-state index contributed by atoms with van der Waals surface area (Å²) >= 11 is 3.65. The van der Waals surface area contributed by atoms with Gasteiger partial charge in [-0.2, -0.15) is 0 Å². The van der Waals surface area contributed by atoms with Crippen LogP contribution >= 0.6 is 45.2 Å². The van der Waals surface area contributed by atoms with Gasteiger partial charge in [0.25, 0.3) is 11.8 Å². The normalized spacial score (nSPS) is 7.06. The molecule has 0 atom stereocenters. The fourth-order valence-corrected chi connectivity index (χ4v) is 1.06. The Bertz CT molecular complexity index is 348. The molecule has 0 radical (unpaired) electrons. The summed E-state index contributed by atoms with van der Waals surface area (Å²) in [6.07, 6.45) is 0.953. The third-order valence-corrected chi connectivity index (χ3v) is 1.73. The molecular weight excluding hydrogens is 446 g/mol. The number of rotatable bonds is 3. The second-order valence-corrected chi connectivity index (χ2v) is 3.63. The average Bonchev–Trinajstić information content (AvgIpc) is 2.28. The van der Waals surface area contributed by atoms with Gasteiger partial charge in [-0.15, -0.1) is 0 Å². The molecule has 0 saturated heterocycles. The molecule has 2 N–H and O–H groups in total. The van der Waals surface area contributed by atoms with E-state index >= 15 is 0 Å². The molecule has 0 heterocycles. The highest BCUT2D eigenvalue weighted by Gasteiger charge is 1.89. The Balaban J connectivity index is 0. The topological polar surface area (TPSA) is 58.2 Å². The Morgan fingerprint density at radius 2 is 1.47 bits per heavy atom. The summed E-state index contributed by atoms with van der Waals surface area (Å²) in [6, 6.07) is 0. The maximum Gasteiger partial charge on any atom is 0.296 e. The lowest BCUT2D eigenvalue weighted by Gasteiger charge is -1.93. The number of amides is 2. The largest absolute Gasteiger partial charge is 0.346 e. The molecule has 0 aliphatic carbocycles. The first-order chi connectivity index (χ1) is 8.12. The number of hydrogen-bond acceptors (Lipinski definition) is 2. The van der Waals surface area contributed by atoms with Crippen LogP contribution in [0.4, 0.5) is 0 Å². The molecule has 0 rings (SSSR count). The molecule has 0 bridgehead atoms.